The summed E-state index contributed by atoms with van der Waals surface area (Å²) in [6.45, 7) is 0.283. The molecule has 0 radical (unpaired) electrons. The fourth-order valence-electron chi connectivity index (χ4n) is 2.19. The third kappa shape index (κ3) is 3.74. The molecule has 1 amide bonds. The largest absolute Gasteiger partial charge is 0.363 e. The third-order valence-electron chi connectivity index (χ3n) is 3.65. The van der Waals surface area contributed by atoms with Crippen LogP contribution in [0.1, 0.15) is 33.6 Å². The highest BCUT2D eigenvalue weighted by Gasteiger charge is 2.31. The van der Waals surface area contributed by atoms with Crippen LogP contribution in [-0.2, 0) is 4.84 Å². The Labute approximate surface area is 133 Å². The van der Waals surface area contributed by atoms with E-state index in [0.29, 0.717) is 11.5 Å². The van der Waals surface area contributed by atoms with Gasteiger partial charge < -0.3 is 4.84 Å². The maximum absolute atomic E-state index is 13.8. The Morgan fingerprint density at radius 3 is 2.35 bits per heavy atom. The molecule has 0 heterocycles. The summed E-state index contributed by atoms with van der Waals surface area (Å²) in [5.74, 6) is -1.60. The molecule has 118 valence electrons. The number of hydroxylamine groups is 2. The molecule has 3 rings (SSSR count). The zero-order valence-corrected chi connectivity index (χ0v) is 12.4. The Balaban J connectivity index is 1.79. The van der Waals surface area contributed by atoms with Crippen molar-refractivity contribution in [2.45, 2.75) is 12.8 Å². The first-order valence-electron chi connectivity index (χ1n) is 7.49. The topological polar surface area (TPSA) is 46.6 Å². The van der Waals surface area contributed by atoms with E-state index in [1.165, 1.54) is 18.2 Å². The first-order valence-corrected chi connectivity index (χ1v) is 7.49. The predicted molar refractivity (Wildman–Crippen MR) is 82.0 cm³/mol. The van der Waals surface area contributed by atoms with Crippen molar-refractivity contribution in [2.24, 2.45) is 5.92 Å². The van der Waals surface area contributed by atoms with Gasteiger partial charge >= 0.3 is 5.97 Å². The minimum absolute atomic E-state index is 0.103. The molecule has 1 aliphatic carbocycles. The second kappa shape index (κ2) is 6.60. The molecule has 0 bridgehead atoms. The van der Waals surface area contributed by atoms with Gasteiger partial charge in [0.05, 0.1) is 17.7 Å². The Morgan fingerprint density at radius 2 is 1.70 bits per heavy atom. The second-order valence-electron chi connectivity index (χ2n) is 5.53. The van der Waals surface area contributed by atoms with Crippen LogP contribution in [0.25, 0.3) is 0 Å². The molecule has 5 heteroatoms. The fraction of sp³-hybridized carbons (Fsp3) is 0.222. The number of nitrogens with zero attached hydrogens (tertiary/aromatic N) is 1. The first-order chi connectivity index (χ1) is 11.1. The summed E-state index contributed by atoms with van der Waals surface area (Å²) in [5, 5.41) is 0.978. The van der Waals surface area contributed by atoms with Gasteiger partial charge in [0.15, 0.2) is 0 Å². The summed E-state index contributed by atoms with van der Waals surface area (Å²) in [4.78, 5) is 29.9. The van der Waals surface area contributed by atoms with Crippen LogP contribution in [0.4, 0.5) is 4.39 Å². The highest BCUT2D eigenvalue weighted by molar-refractivity contribution is 5.96. The number of rotatable bonds is 4. The summed E-state index contributed by atoms with van der Waals surface area (Å²) in [7, 11) is 0. The molecule has 0 atom stereocenters. The zero-order valence-electron chi connectivity index (χ0n) is 12.4. The Kier molecular flexibility index (Phi) is 4.37. The molecule has 0 unspecified atom stereocenters. The van der Waals surface area contributed by atoms with Crippen molar-refractivity contribution in [2.75, 3.05) is 6.54 Å². The predicted octanol–water partition coefficient (Wildman–Crippen LogP) is 3.45. The van der Waals surface area contributed by atoms with E-state index < -0.39 is 17.7 Å². The molecule has 4 nitrogen and oxygen atoms in total. The van der Waals surface area contributed by atoms with Crippen molar-refractivity contribution in [3.05, 3.63) is 71.5 Å². The van der Waals surface area contributed by atoms with Crippen molar-refractivity contribution < 1.29 is 18.8 Å². The molecule has 0 saturated heterocycles. The van der Waals surface area contributed by atoms with E-state index >= 15 is 0 Å². The fourth-order valence-corrected chi connectivity index (χ4v) is 2.19. The van der Waals surface area contributed by atoms with Gasteiger partial charge in [-0.2, -0.15) is 5.06 Å². The van der Waals surface area contributed by atoms with Crippen LogP contribution in [0, 0.1) is 11.7 Å². The van der Waals surface area contributed by atoms with Gasteiger partial charge in [0.1, 0.15) is 5.82 Å². The van der Waals surface area contributed by atoms with E-state index in [-0.39, 0.29) is 12.1 Å². The van der Waals surface area contributed by atoms with E-state index in [9.17, 15) is 14.0 Å². The number of hydrogen-bond donors (Lipinski definition) is 0. The van der Waals surface area contributed by atoms with Crippen molar-refractivity contribution >= 4 is 11.9 Å². The van der Waals surface area contributed by atoms with Crippen LogP contribution in [0.2, 0.25) is 0 Å². The van der Waals surface area contributed by atoms with Gasteiger partial charge in [0.25, 0.3) is 5.91 Å². The Morgan fingerprint density at radius 1 is 1.04 bits per heavy atom. The van der Waals surface area contributed by atoms with E-state index in [4.69, 9.17) is 4.84 Å². The van der Waals surface area contributed by atoms with Gasteiger partial charge in [-0.25, -0.2) is 9.18 Å². The van der Waals surface area contributed by atoms with E-state index in [1.54, 1.807) is 36.4 Å². The average molecular weight is 313 g/mol. The molecule has 0 aliphatic heterocycles. The number of hydrogen-bond acceptors (Lipinski definition) is 3. The SMILES string of the molecule is O=C(ON(CC1CC1)C(=O)c1ccccc1F)c1ccccc1. The van der Waals surface area contributed by atoms with Crippen molar-refractivity contribution in [1.82, 2.24) is 5.06 Å². The minimum Gasteiger partial charge on any atom is -0.332 e. The number of amides is 1. The standard InChI is InChI=1S/C18H16FNO3/c19-16-9-5-4-8-15(16)17(21)20(12-13-10-11-13)23-18(22)14-6-2-1-3-7-14/h1-9,13H,10-12H2. The highest BCUT2D eigenvalue weighted by atomic mass is 19.1. The molecule has 0 aromatic heterocycles. The molecule has 1 fully saturated rings. The van der Waals surface area contributed by atoms with Crippen LogP contribution in [-0.4, -0.2) is 23.5 Å². The molecule has 2 aromatic carbocycles. The van der Waals surface area contributed by atoms with Gasteiger partial charge in [-0.05, 0) is 43.0 Å². The summed E-state index contributed by atoms with van der Waals surface area (Å²) < 4.78 is 13.8. The maximum Gasteiger partial charge on any atom is 0.363 e. The zero-order chi connectivity index (χ0) is 16.2. The van der Waals surface area contributed by atoms with Crippen LogP contribution in [0.3, 0.4) is 0 Å². The second-order valence-corrected chi connectivity index (χ2v) is 5.53. The number of carbonyl (C=O) groups excluding carboxylic acids is 2. The van der Waals surface area contributed by atoms with Crippen LogP contribution < -0.4 is 0 Å². The van der Waals surface area contributed by atoms with Gasteiger partial charge in [-0.1, -0.05) is 30.3 Å². The van der Waals surface area contributed by atoms with Crippen LogP contribution in [0.15, 0.2) is 54.6 Å². The molecule has 0 spiro atoms. The molecular formula is C18H16FNO3. The summed E-state index contributed by atoms with van der Waals surface area (Å²) in [5.41, 5.74) is 0.239. The first kappa shape index (κ1) is 15.2. The van der Waals surface area contributed by atoms with E-state index in [2.05, 4.69) is 0 Å². The van der Waals surface area contributed by atoms with Gasteiger partial charge in [-0.15, -0.1) is 0 Å². The van der Waals surface area contributed by atoms with Crippen LogP contribution in [0.5, 0.6) is 0 Å². The summed E-state index contributed by atoms with van der Waals surface area (Å²) in [6.07, 6.45) is 1.95. The molecule has 2 aromatic rings. The maximum atomic E-state index is 13.8. The van der Waals surface area contributed by atoms with E-state index in [1.807, 2.05) is 0 Å². The molecule has 1 saturated carbocycles. The monoisotopic (exact) mass is 313 g/mol. The number of halogens is 1. The highest BCUT2D eigenvalue weighted by Crippen LogP contribution is 2.30. The number of carbonyl (C=O) groups is 2. The lowest BCUT2D eigenvalue weighted by molar-refractivity contribution is -0.0839. The summed E-state index contributed by atoms with van der Waals surface area (Å²) >= 11 is 0. The molecule has 0 N–H and O–H groups in total. The van der Waals surface area contributed by atoms with Gasteiger partial charge in [-0.3, -0.25) is 4.79 Å². The lowest BCUT2D eigenvalue weighted by Crippen LogP contribution is -2.35. The van der Waals surface area contributed by atoms with Gasteiger partial charge in [0, 0.05) is 0 Å². The number of benzene rings is 2. The Bertz CT molecular complexity index is 713. The van der Waals surface area contributed by atoms with Crippen molar-refractivity contribution in [3.63, 3.8) is 0 Å². The third-order valence-corrected chi connectivity index (χ3v) is 3.65. The summed E-state index contributed by atoms with van der Waals surface area (Å²) in [6, 6.07) is 14.1. The quantitative estimate of drug-likeness (QED) is 0.812. The Hall–Kier alpha value is -2.69. The minimum atomic E-state index is -0.640. The average Bonchev–Trinajstić information content (AvgIpc) is 3.39. The smallest absolute Gasteiger partial charge is 0.332 e. The van der Waals surface area contributed by atoms with E-state index in [0.717, 1.165) is 17.9 Å². The lowest BCUT2D eigenvalue weighted by Gasteiger charge is -2.21. The molecular weight excluding hydrogens is 297 g/mol. The normalized spacial score (nSPS) is 13.4. The van der Waals surface area contributed by atoms with Crippen LogP contribution >= 0.6 is 0 Å². The van der Waals surface area contributed by atoms with Gasteiger partial charge in [0.2, 0.25) is 0 Å². The van der Waals surface area contributed by atoms with Crippen molar-refractivity contribution in [1.29, 1.82) is 0 Å². The molecule has 23 heavy (non-hydrogen) atoms. The molecule has 1 aliphatic rings. The lowest BCUT2D eigenvalue weighted by atomic mass is 10.2. The van der Waals surface area contributed by atoms with Crippen molar-refractivity contribution in [3.8, 4) is 0 Å².